The average molecular weight is 526 g/mol. The van der Waals surface area contributed by atoms with E-state index < -0.39 is 0 Å². The number of hydrazone groups is 1. The Morgan fingerprint density at radius 3 is 2.56 bits per heavy atom. The minimum absolute atomic E-state index is 0.296. The number of nitrogens with one attached hydrogen (secondary N) is 2. The summed E-state index contributed by atoms with van der Waals surface area (Å²) < 4.78 is 11.1. The van der Waals surface area contributed by atoms with Crippen molar-refractivity contribution >= 4 is 51.6 Å². The van der Waals surface area contributed by atoms with Crippen LogP contribution in [-0.4, -0.2) is 60.5 Å². The van der Waals surface area contributed by atoms with Gasteiger partial charge in [0.1, 0.15) is 0 Å². The van der Waals surface area contributed by atoms with Crippen molar-refractivity contribution in [1.29, 1.82) is 0 Å². The van der Waals surface area contributed by atoms with Crippen LogP contribution in [0.25, 0.3) is 0 Å². The number of halogens is 1. The van der Waals surface area contributed by atoms with Crippen LogP contribution in [0.4, 0.5) is 23.5 Å². The van der Waals surface area contributed by atoms with Gasteiger partial charge in [0, 0.05) is 17.6 Å². The number of benzene rings is 2. The fourth-order valence-electron chi connectivity index (χ4n) is 3.21. The Kier molecular flexibility index (Phi) is 7.65. The van der Waals surface area contributed by atoms with Crippen molar-refractivity contribution in [3.05, 3.63) is 63.6 Å². The molecule has 34 heavy (non-hydrogen) atoms. The summed E-state index contributed by atoms with van der Waals surface area (Å²) in [6.07, 6.45) is 1.61. The normalized spacial score (nSPS) is 13.7. The number of hydrogen-bond acceptors (Lipinski definition) is 10. The third-order valence-electron chi connectivity index (χ3n) is 5.00. The first-order valence-corrected chi connectivity index (χ1v) is 11.4. The Morgan fingerprint density at radius 2 is 1.85 bits per heavy atom. The lowest BCUT2D eigenvalue weighted by Gasteiger charge is -2.27. The summed E-state index contributed by atoms with van der Waals surface area (Å²) in [6, 6.07) is 12.9. The average Bonchev–Trinajstić information content (AvgIpc) is 2.86. The van der Waals surface area contributed by atoms with E-state index >= 15 is 0 Å². The van der Waals surface area contributed by atoms with Gasteiger partial charge in [-0.25, -0.2) is 10.2 Å². The van der Waals surface area contributed by atoms with Crippen molar-refractivity contribution in [2.75, 3.05) is 49.1 Å². The van der Waals surface area contributed by atoms with E-state index in [9.17, 15) is 4.79 Å². The van der Waals surface area contributed by atoms with Crippen LogP contribution in [0.15, 0.2) is 52.0 Å². The van der Waals surface area contributed by atoms with Crippen molar-refractivity contribution in [3.63, 3.8) is 0 Å². The summed E-state index contributed by atoms with van der Waals surface area (Å²) in [5.74, 6) is 0.831. The molecule has 0 amide bonds. The molecule has 1 fully saturated rings. The van der Waals surface area contributed by atoms with E-state index in [4.69, 9.17) is 9.47 Å². The molecule has 0 atom stereocenters. The van der Waals surface area contributed by atoms with Gasteiger partial charge in [0.15, 0.2) is 0 Å². The molecule has 0 bridgehead atoms. The molecular weight excluding hydrogens is 502 g/mol. The second kappa shape index (κ2) is 11.0. The smallest absolute Gasteiger partial charge is 0.337 e. The van der Waals surface area contributed by atoms with Gasteiger partial charge >= 0.3 is 5.97 Å². The molecule has 176 valence electrons. The summed E-state index contributed by atoms with van der Waals surface area (Å²) in [5, 5.41) is 7.49. The first-order chi connectivity index (χ1) is 16.5. The van der Waals surface area contributed by atoms with Crippen molar-refractivity contribution < 1.29 is 14.3 Å². The van der Waals surface area contributed by atoms with Gasteiger partial charge in [-0.05, 0) is 58.2 Å². The zero-order valence-corrected chi connectivity index (χ0v) is 20.4. The van der Waals surface area contributed by atoms with Gasteiger partial charge in [0.2, 0.25) is 17.8 Å². The van der Waals surface area contributed by atoms with Gasteiger partial charge in [0.25, 0.3) is 0 Å². The predicted octanol–water partition coefficient (Wildman–Crippen LogP) is 3.76. The molecule has 0 aliphatic carbocycles. The third-order valence-corrected chi connectivity index (χ3v) is 5.65. The van der Waals surface area contributed by atoms with Crippen LogP contribution in [0.2, 0.25) is 0 Å². The van der Waals surface area contributed by atoms with Crippen molar-refractivity contribution in [2.45, 2.75) is 6.92 Å². The molecule has 11 heteroatoms. The summed E-state index contributed by atoms with van der Waals surface area (Å²) in [7, 11) is 1.35. The number of anilines is 4. The van der Waals surface area contributed by atoms with Gasteiger partial charge in [-0.3, -0.25) is 0 Å². The van der Waals surface area contributed by atoms with E-state index in [0.717, 1.165) is 21.3 Å². The van der Waals surface area contributed by atoms with E-state index in [1.54, 1.807) is 30.5 Å². The maximum Gasteiger partial charge on any atom is 0.337 e. The largest absolute Gasteiger partial charge is 0.465 e. The highest BCUT2D eigenvalue weighted by molar-refractivity contribution is 9.10. The van der Waals surface area contributed by atoms with Crippen LogP contribution in [0.5, 0.6) is 0 Å². The lowest BCUT2D eigenvalue weighted by molar-refractivity contribution is 0.0600. The topological polar surface area (TPSA) is 114 Å². The Labute approximate surface area is 205 Å². The van der Waals surface area contributed by atoms with E-state index in [0.29, 0.717) is 49.7 Å². The lowest BCUT2D eigenvalue weighted by Crippen LogP contribution is -2.37. The minimum atomic E-state index is -0.386. The highest BCUT2D eigenvalue weighted by Gasteiger charge is 2.17. The number of carbonyl (C=O) groups is 1. The second-order valence-corrected chi connectivity index (χ2v) is 8.33. The Balaban J connectivity index is 1.54. The fraction of sp³-hybridized carbons (Fsp3) is 0.261. The number of nitrogens with zero attached hydrogens (tertiary/aromatic N) is 5. The summed E-state index contributed by atoms with van der Waals surface area (Å²) in [4.78, 5) is 27.2. The highest BCUT2D eigenvalue weighted by atomic mass is 79.9. The number of aromatic nitrogens is 3. The number of hydrogen-bond donors (Lipinski definition) is 2. The maximum absolute atomic E-state index is 11.6. The van der Waals surface area contributed by atoms with Crippen LogP contribution in [0, 0.1) is 6.92 Å². The number of ether oxygens (including phenoxy) is 2. The molecule has 1 aliphatic rings. The molecule has 3 aromatic rings. The minimum Gasteiger partial charge on any atom is -0.465 e. The molecule has 2 heterocycles. The molecule has 4 rings (SSSR count). The van der Waals surface area contributed by atoms with E-state index in [2.05, 4.69) is 46.7 Å². The molecule has 1 aliphatic heterocycles. The van der Waals surface area contributed by atoms with Gasteiger partial charge < -0.3 is 19.7 Å². The molecule has 10 nitrogen and oxygen atoms in total. The zero-order valence-electron chi connectivity index (χ0n) is 18.8. The standard InChI is InChI=1S/C23H24BrN7O3/c1-15-3-8-19(18(24)13-15)26-21-27-22(29-23(28-21)31-9-11-34-12-10-31)30-25-14-16-4-6-17(7-5-16)20(32)33-2/h3-8,13-14H,9-12H2,1-2H3,(H2,26,27,28,29,30)/b25-14-. The number of aryl methyl sites for hydroxylation is 1. The van der Waals surface area contributed by atoms with Crippen LogP contribution in [-0.2, 0) is 9.47 Å². The molecule has 2 N–H and O–H groups in total. The Morgan fingerprint density at radius 1 is 1.12 bits per heavy atom. The van der Waals surface area contributed by atoms with Crippen LogP contribution < -0.4 is 15.6 Å². The number of rotatable bonds is 7. The maximum atomic E-state index is 11.6. The van der Waals surface area contributed by atoms with Crippen LogP contribution in [0.3, 0.4) is 0 Å². The van der Waals surface area contributed by atoms with Crippen molar-refractivity contribution in [3.8, 4) is 0 Å². The highest BCUT2D eigenvalue weighted by Crippen LogP contribution is 2.26. The molecule has 0 unspecified atom stereocenters. The number of methoxy groups -OCH3 is 1. The Bertz CT molecular complexity index is 1180. The monoisotopic (exact) mass is 525 g/mol. The van der Waals surface area contributed by atoms with Crippen LogP contribution in [0.1, 0.15) is 21.5 Å². The second-order valence-electron chi connectivity index (χ2n) is 7.47. The molecular formula is C23H24BrN7O3. The van der Waals surface area contributed by atoms with Gasteiger partial charge in [-0.15, -0.1) is 0 Å². The Hall–Kier alpha value is -3.57. The molecule has 1 aromatic heterocycles. The first kappa shape index (κ1) is 23.6. The summed E-state index contributed by atoms with van der Waals surface area (Å²) in [6.45, 7) is 4.62. The number of carbonyl (C=O) groups excluding carboxylic acids is 1. The van der Waals surface area contributed by atoms with Gasteiger partial charge in [0.05, 0.1) is 37.8 Å². The predicted molar refractivity (Wildman–Crippen MR) is 134 cm³/mol. The van der Waals surface area contributed by atoms with E-state index in [1.165, 1.54) is 7.11 Å². The molecule has 0 saturated carbocycles. The number of morpholine rings is 1. The lowest BCUT2D eigenvalue weighted by atomic mass is 10.1. The van der Waals surface area contributed by atoms with E-state index in [-0.39, 0.29) is 5.97 Å². The fourth-order valence-corrected chi connectivity index (χ4v) is 3.80. The quantitative estimate of drug-likeness (QED) is 0.270. The molecule has 2 aromatic carbocycles. The van der Waals surface area contributed by atoms with E-state index in [1.807, 2.05) is 30.0 Å². The summed E-state index contributed by atoms with van der Waals surface area (Å²) in [5.41, 5.74) is 6.12. The van der Waals surface area contributed by atoms with Crippen molar-refractivity contribution in [2.24, 2.45) is 5.10 Å². The van der Waals surface area contributed by atoms with Crippen molar-refractivity contribution in [1.82, 2.24) is 15.0 Å². The molecule has 0 radical (unpaired) electrons. The third kappa shape index (κ3) is 6.06. The summed E-state index contributed by atoms with van der Waals surface area (Å²) >= 11 is 3.58. The molecule has 1 saturated heterocycles. The SMILES string of the molecule is COC(=O)c1ccc(/C=N\Nc2nc(Nc3ccc(C)cc3Br)nc(N3CCOCC3)n2)cc1. The number of esters is 1. The zero-order chi connectivity index (χ0) is 23.9. The first-order valence-electron chi connectivity index (χ1n) is 10.6. The van der Waals surface area contributed by atoms with Crippen LogP contribution >= 0.6 is 15.9 Å². The van der Waals surface area contributed by atoms with Gasteiger partial charge in [-0.1, -0.05) is 18.2 Å². The van der Waals surface area contributed by atoms with Gasteiger partial charge in [-0.2, -0.15) is 20.1 Å². The molecule has 0 spiro atoms.